The van der Waals surface area contributed by atoms with E-state index in [1.54, 1.807) is 28.3 Å². The molecule has 0 radical (unpaired) electrons. The van der Waals surface area contributed by atoms with Gasteiger partial charge in [0.15, 0.2) is 5.03 Å². The Hall–Kier alpha value is -3.01. The smallest absolute Gasteiger partial charge is 0.262 e. The topological polar surface area (TPSA) is 84.5 Å². The van der Waals surface area contributed by atoms with Crippen molar-refractivity contribution in [3.8, 4) is 0 Å². The lowest BCUT2D eigenvalue weighted by atomic mass is 9.94. The van der Waals surface area contributed by atoms with Gasteiger partial charge in [-0.1, -0.05) is 36.4 Å². The van der Waals surface area contributed by atoms with Crippen LogP contribution in [0.25, 0.3) is 5.65 Å². The van der Waals surface area contributed by atoms with Gasteiger partial charge < -0.3 is 14.3 Å². The van der Waals surface area contributed by atoms with Crippen molar-refractivity contribution in [3.05, 3.63) is 84.7 Å². The van der Waals surface area contributed by atoms with Crippen LogP contribution in [0.3, 0.4) is 0 Å². The summed E-state index contributed by atoms with van der Waals surface area (Å²) in [7, 11) is -1.89. The molecule has 5 rings (SSSR count). The van der Waals surface area contributed by atoms with E-state index in [1.165, 1.54) is 6.33 Å². The summed E-state index contributed by atoms with van der Waals surface area (Å²) in [4.78, 5) is 8.52. The molecule has 2 atom stereocenters. The first-order valence-corrected chi connectivity index (χ1v) is 11.6. The number of aryl methyl sites for hydroxylation is 1. The lowest BCUT2D eigenvalue weighted by molar-refractivity contribution is 0.454. The molecule has 1 N–H and O–H groups in total. The predicted octanol–water partition coefficient (Wildman–Crippen LogP) is 2.01. The third kappa shape index (κ3) is 3.76. The first-order valence-electron chi connectivity index (χ1n) is 10.2. The van der Waals surface area contributed by atoms with Crippen LogP contribution in [-0.4, -0.2) is 50.8 Å². The number of rotatable bonds is 6. The Kier molecular flexibility index (Phi) is 5.09. The van der Waals surface area contributed by atoms with E-state index in [1.807, 2.05) is 47.1 Å². The summed E-state index contributed by atoms with van der Waals surface area (Å²) in [6, 6.07) is 14.1. The number of imidazole rings is 2. The van der Waals surface area contributed by atoms with Gasteiger partial charge in [0.05, 0.1) is 6.33 Å². The van der Waals surface area contributed by atoms with E-state index in [-0.39, 0.29) is 17.0 Å². The molecule has 0 aliphatic carbocycles. The first-order chi connectivity index (χ1) is 15.0. The van der Waals surface area contributed by atoms with Crippen molar-refractivity contribution >= 4 is 15.7 Å². The average molecular weight is 437 g/mol. The van der Waals surface area contributed by atoms with Crippen LogP contribution in [0, 0.1) is 0 Å². The number of pyridine rings is 1. The molecule has 1 saturated heterocycles. The maximum absolute atomic E-state index is 13.2. The monoisotopic (exact) mass is 436 g/mol. The SMILES string of the molecule is Cn1cnc(S(=O)(=O)N2CC(NCc3cccn4ccnc34)C(c3ccccc3)C2)c1. The summed E-state index contributed by atoms with van der Waals surface area (Å²) in [5, 5.41) is 3.69. The van der Waals surface area contributed by atoms with Crippen molar-refractivity contribution in [2.75, 3.05) is 13.1 Å². The largest absolute Gasteiger partial charge is 0.339 e. The van der Waals surface area contributed by atoms with Gasteiger partial charge in [0.25, 0.3) is 10.0 Å². The highest BCUT2D eigenvalue weighted by atomic mass is 32.2. The fourth-order valence-corrected chi connectivity index (χ4v) is 5.71. The molecule has 2 unspecified atom stereocenters. The molecular weight excluding hydrogens is 412 g/mol. The van der Waals surface area contributed by atoms with Crippen LogP contribution in [0.5, 0.6) is 0 Å². The van der Waals surface area contributed by atoms with E-state index in [4.69, 9.17) is 0 Å². The highest BCUT2D eigenvalue weighted by Gasteiger charge is 2.40. The second kappa shape index (κ2) is 7.92. The molecule has 4 heterocycles. The Labute approximate surface area is 181 Å². The van der Waals surface area contributed by atoms with E-state index in [9.17, 15) is 8.42 Å². The average Bonchev–Trinajstić information content (AvgIpc) is 3.52. The van der Waals surface area contributed by atoms with Crippen LogP contribution in [0.1, 0.15) is 17.0 Å². The molecular formula is C22H24N6O2S. The summed E-state index contributed by atoms with van der Waals surface area (Å²) >= 11 is 0. The molecule has 1 fully saturated rings. The fourth-order valence-electron chi connectivity index (χ4n) is 4.25. The van der Waals surface area contributed by atoms with Gasteiger partial charge in [-0.05, 0) is 11.6 Å². The van der Waals surface area contributed by atoms with Crippen molar-refractivity contribution in [2.45, 2.75) is 23.5 Å². The van der Waals surface area contributed by atoms with Gasteiger partial charge in [0.1, 0.15) is 5.65 Å². The number of hydrogen-bond donors (Lipinski definition) is 1. The number of benzene rings is 1. The Morgan fingerprint density at radius 2 is 1.90 bits per heavy atom. The quantitative estimate of drug-likeness (QED) is 0.500. The fraction of sp³-hybridized carbons (Fsp3) is 0.273. The minimum atomic E-state index is -3.66. The minimum absolute atomic E-state index is 0.0314. The van der Waals surface area contributed by atoms with E-state index >= 15 is 0 Å². The second-order valence-electron chi connectivity index (χ2n) is 7.90. The molecule has 1 aliphatic rings. The maximum atomic E-state index is 13.2. The minimum Gasteiger partial charge on any atom is -0.339 e. The van der Waals surface area contributed by atoms with Crippen molar-refractivity contribution in [1.82, 2.24) is 28.6 Å². The zero-order valence-electron chi connectivity index (χ0n) is 17.2. The third-order valence-electron chi connectivity index (χ3n) is 5.85. The molecule has 31 heavy (non-hydrogen) atoms. The van der Waals surface area contributed by atoms with Gasteiger partial charge in [0.2, 0.25) is 0 Å². The summed E-state index contributed by atoms with van der Waals surface area (Å²) in [5.41, 5.74) is 3.10. The zero-order chi connectivity index (χ0) is 21.4. The number of aromatic nitrogens is 4. The normalized spacial score (nSPS) is 19.9. The molecule has 1 aromatic carbocycles. The van der Waals surface area contributed by atoms with E-state index in [0.29, 0.717) is 19.6 Å². The van der Waals surface area contributed by atoms with Gasteiger partial charge in [-0.25, -0.2) is 18.4 Å². The molecule has 0 amide bonds. The summed E-state index contributed by atoms with van der Waals surface area (Å²) in [5.74, 6) is 0.0409. The first kappa shape index (κ1) is 19.9. The highest BCUT2D eigenvalue weighted by Crippen LogP contribution is 2.31. The van der Waals surface area contributed by atoms with E-state index in [2.05, 4.69) is 27.4 Å². The zero-order valence-corrected chi connectivity index (χ0v) is 18.0. The van der Waals surface area contributed by atoms with Crippen LogP contribution in [0.2, 0.25) is 0 Å². The molecule has 3 aromatic heterocycles. The number of hydrogen-bond acceptors (Lipinski definition) is 5. The standard InChI is InChI=1S/C22H24N6O2S/c1-26-15-21(25-16-26)31(29,30)28-13-19(17-6-3-2-4-7-17)20(14-28)24-12-18-8-5-10-27-11-9-23-22(18)27/h2-11,15-16,19-20,24H,12-14H2,1H3. The molecule has 1 aliphatic heterocycles. The lowest BCUT2D eigenvalue weighted by Gasteiger charge is -2.20. The maximum Gasteiger partial charge on any atom is 0.262 e. The van der Waals surface area contributed by atoms with E-state index in [0.717, 1.165) is 16.8 Å². The van der Waals surface area contributed by atoms with Crippen LogP contribution in [-0.2, 0) is 23.6 Å². The van der Waals surface area contributed by atoms with Gasteiger partial charge in [-0.2, -0.15) is 4.31 Å². The summed E-state index contributed by atoms with van der Waals surface area (Å²) < 4.78 is 31.6. The number of nitrogens with one attached hydrogen (secondary N) is 1. The van der Waals surface area contributed by atoms with Crippen molar-refractivity contribution in [1.29, 1.82) is 0 Å². The molecule has 9 heteroatoms. The molecule has 0 spiro atoms. The molecule has 8 nitrogen and oxygen atoms in total. The molecule has 0 saturated carbocycles. The number of fused-ring (bicyclic) bond motifs is 1. The van der Waals surface area contributed by atoms with Gasteiger partial charge in [-0.15, -0.1) is 0 Å². The number of sulfonamides is 1. The highest BCUT2D eigenvalue weighted by molar-refractivity contribution is 7.89. The Bertz CT molecular complexity index is 1300. The van der Waals surface area contributed by atoms with Gasteiger partial charge in [0, 0.05) is 69.0 Å². The van der Waals surface area contributed by atoms with Crippen molar-refractivity contribution in [3.63, 3.8) is 0 Å². The van der Waals surface area contributed by atoms with Crippen LogP contribution in [0.4, 0.5) is 0 Å². The van der Waals surface area contributed by atoms with Gasteiger partial charge in [-0.3, -0.25) is 0 Å². The number of nitrogens with zero attached hydrogens (tertiary/aromatic N) is 5. The van der Waals surface area contributed by atoms with Crippen LogP contribution < -0.4 is 5.32 Å². The molecule has 160 valence electrons. The Morgan fingerprint density at radius 1 is 1.06 bits per heavy atom. The lowest BCUT2D eigenvalue weighted by Crippen LogP contribution is -2.36. The van der Waals surface area contributed by atoms with E-state index < -0.39 is 10.0 Å². The van der Waals surface area contributed by atoms with Crippen LogP contribution >= 0.6 is 0 Å². The molecule has 4 aromatic rings. The molecule has 0 bridgehead atoms. The second-order valence-corrected chi connectivity index (χ2v) is 9.78. The third-order valence-corrected chi connectivity index (χ3v) is 7.57. The summed E-state index contributed by atoms with van der Waals surface area (Å²) in [6.45, 7) is 1.40. The van der Waals surface area contributed by atoms with Gasteiger partial charge >= 0.3 is 0 Å². The summed E-state index contributed by atoms with van der Waals surface area (Å²) in [6.07, 6.45) is 8.73. The Balaban J connectivity index is 1.42. The predicted molar refractivity (Wildman–Crippen MR) is 117 cm³/mol. The van der Waals surface area contributed by atoms with Crippen molar-refractivity contribution in [2.24, 2.45) is 7.05 Å². The van der Waals surface area contributed by atoms with Crippen molar-refractivity contribution < 1.29 is 8.42 Å². The Morgan fingerprint density at radius 3 is 2.68 bits per heavy atom. The van der Waals surface area contributed by atoms with Crippen LogP contribution in [0.15, 0.2) is 78.6 Å².